The van der Waals surface area contributed by atoms with Gasteiger partial charge >= 0.3 is 5.00 Å². The first-order valence-corrected chi connectivity index (χ1v) is 7.74. The molecule has 0 atom stereocenters. The van der Waals surface area contributed by atoms with Gasteiger partial charge in [-0.3, -0.25) is 25.7 Å². The molecule has 0 aliphatic heterocycles. The number of benzene rings is 1. The van der Waals surface area contributed by atoms with Crippen LogP contribution in [-0.4, -0.2) is 21.0 Å². The Labute approximate surface area is 136 Å². The largest absolute Gasteiger partial charge is 0.324 e. The summed E-state index contributed by atoms with van der Waals surface area (Å²) in [5, 5.41) is 25.8. The van der Waals surface area contributed by atoms with Crippen molar-refractivity contribution >= 4 is 54.9 Å². The van der Waals surface area contributed by atoms with E-state index in [1.54, 1.807) is 12.1 Å². The fourth-order valence-electron chi connectivity index (χ4n) is 1.74. The molecule has 1 aromatic carbocycles. The number of rotatable bonds is 5. The topological polar surface area (TPSA) is 124 Å². The van der Waals surface area contributed by atoms with Crippen LogP contribution in [0.25, 0.3) is 10.2 Å². The number of thiophene rings is 1. The summed E-state index contributed by atoms with van der Waals surface area (Å²) in [5.74, 6) is 0. The maximum Gasteiger partial charge on any atom is 0.324 e. The molecule has 3 aromatic rings. The Morgan fingerprint density at radius 1 is 1.13 bits per heavy atom. The summed E-state index contributed by atoms with van der Waals surface area (Å²) in [6.07, 6.45) is 1.45. The summed E-state index contributed by atoms with van der Waals surface area (Å²) < 4.78 is 0.670. The maximum absolute atomic E-state index is 10.7. The minimum Gasteiger partial charge on any atom is -0.258 e. The number of nitro groups is 2. The summed E-state index contributed by atoms with van der Waals surface area (Å²) in [6, 6.07) is 7.41. The van der Waals surface area contributed by atoms with Gasteiger partial charge in [0.1, 0.15) is 0 Å². The molecule has 0 unspecified atom stereocenters. The number of aromatic nitrogens is 1. The highest BCUT2D eigenvalue weighted by Crippen LogP contribution is 2.29. The maximum atomic E-state index is 10.7. The van der Waals surface area contributed by atoms with Gasteiger partial charge in [0.25, 0.3) is 5.69 Å². The zero-order valence-electron chi connectivity index (χ0n) is 11.2. The summed E-state index contributed by atoms with van der Waals surface area (Å²) in [4.78, 5) is 25.3. The van der Waals surface area contributed by atoms with E-state index in [-0.39, 0.29) is 10.7 Å². The van der Waals surface area contributed by atoms with E-state index in [1.165, 1.54) is 35.8 Å². The molecule has 0 bridgehead atoms. The number of thiazole rings is 1. The Balaban J connectivity index is 1.74. The normalized spacial score (nSPS) is 11.1. The summed E-state index contributed by atoms with van der Waals surface area (Å²) in [5.41, 5.74) is 3.35. The zero-order chi connectivity index (χ0) is 16.4. The van der Waals surface area contributed by atoms with Crippen LogP contribution >= 0.6 is 22.7 Å². The Kier molecular flexibility index (Phi) is 3.95. The quantitative estimate of drug-likeness (QED) is 0.426. The average molecular weight is 349 g/mol. The van der Waals surface area contributed by atoms with Crippen LogP contribution < -0.4 is 5.43 Å². The first kappa shape index (κ1) is 15.0. The molecule has 116 valence electrons. The summed E-state index contributed by atoms with van der Waals surface area (Å²) in [7, 11) is 0. The number of nitrogens with zero attached hydrogens (tertiary/aromatic N) is 4. The van der Waals surface area contributed by atoms with Gasteiger partial charge in [-0.25, -0.2) is 4.98 Å². The fraction of sp³-hybridized carbons (Fsp3) is 0. The van der Waals surface area contributed by atoms with E-state index in [2.05, 4.69) is 15.5 Å². The third kappa shape index (κ3) is 3.30. The predicted octanol–water partition coefficient (Wildman–Crippen LogP) is 3.62. The van der Waals surface area contributed by atoms with Crippen molar-refractivity contribution in [1.29, 1.82) is 0 Å². The standard InChI is InChI=1S/C12H7N5O4S2/c18-16(19)7-1-3-9-10(5-7)23-12(14-9)15-13-6-8-2-4-11(22-8)17(20)21/h1-6H,(H,14,15). The number of non-ortho nitro benzene ring substituents is 1. The van der Waals surface area contributed by atoms with Gasteiger partial charge in [0, 0.05) is 18.2 Å². The lowest BCUT2D eigenvalue weighted by Gasteiger charge is -1.90. The second-order valence-corrected chi connectivity index (χ2v) is 6.36. The van der Waals surface area contributed by atoms with E-state index in [0.717, 1.165) is 11.3 Å². The van der Waals surface area contributed by atoms with Gasteiger partial charge < -0.3 is 0 Å². The van der Waals surface area contributed by atoms with E-state index >= 15 is 0 Å². The highest BCUT2D eigenvalue weighted by atomic mass is 32.1. The van der Waals surface area contributed by atoms with Crippen LogP contribution in [0.5, 0.6) is 0 Å². The summed E-state index contributed by atoms with van der Waals surface area (Å²) >= 11 is 2.23. The van der Waals surface area contributed by atoms with Gasteiger partial charge in [-0.05, 0) is 12.1 Å². The van der Waals surface area contributed by atoms with Gasteiger partial charge in [-0.1, -0.05) is 22.7 Å². The van der Waals surface area contributed by atoms with Crippen molar-refractivity contribution in [3.8, 4) is 0 Å². The van der Waals surface area contributed by atoms with Crippen molar-refractivity contribution in [3.05, 3.63) is 55.4 Å². The monoisotopic (exact) mass is 349 g/mol. The lowest BCUT2D eigenvalue weighted by atomic mass is 10.3. The minimum atomic E-state index is -0.464. The SMILES string of the molecule is O=[N+]([O-])c1ccc2nc(NN=Cc3ccc([N+](=O)[O-])s3)sc2c1. The molecule has 11 heteroatoms. The molecule has 3 rings (SSSR count). The second kappa shape index (κ2) is 6.06. The molecule has 0 spiro atoms. The molecule has 2 heterocycles. The van der Waals surface area contributed by atoms with Gasteiger partial charge in [0.2, 0.25) is 5.13 Å². The molecule has 0 aliphatic rings. The van der Waals surface area contributed by atoms with Crippen molar-refractivity contribution in [1.82, 2.24) is 4.98 Å². The molecule has 0 fully saturated rings. The number of hydrazone groups is 1. The van der Waals surface area contributed by atoms with Crippen molar-refractivity contribution in [3.63, 3.8) is 0 Å². The third-order valence-corrected chi connectivity index (χ3v) is 4.62. The molecule has 9 nitrogen and oxygen atoms in total. The number of hydrogen-bond acceptors (Lipinski definition) is 9. The Morgan fingerprint density at radius 3 is 2.65 bits per heavy atom. The van der Waals surface area contributed by atoms with Gasteiger partial charge in [0.05, 0.1) is 31.2 Å². The first-order valence-electron chi connectivity index (χ1n) is 6.11. The van der Waals surface area contributed by atoms with E-state index < -0.39 is 9.85 Å². The molecule has 1 N–H and O–H groups in total. The molecular formula is C12H7N5O4S2. The van der Waals surface area contributed by atoms with Crippen molar-refractivity contribution in [2.75, 3.05) is 5.43 Å². The van der Waals surface area contributed by atoms with Crippen LogP contribution in [-0.2, 0) is 0 Å². The zero-order valence-corrected chi connectivity index (χ0v) is 12.8. The molecule has 23 heavy (non-hydrogen) atoms. The molecule has 0 saturated heterocycles. The van der Waals surface area contributed by atoms with E-state index in [0.29, 0.717) is 20.2 Å². The highest BCUT2D eigenvalue weighted by Gasteiger charge is 2.10. The van der Waals surface area contributed by atoms with Crippen LogP contribution in [0.4, 0.5) is 15.8 Å². The van der Waals surface area contributed by atoms with E-state index in [9.17, 15) is 20.2 Å². The molecule has 0 aliphatic carbocycles. The van der Waals surface area contributed by atoms with Crippen LogP contribution in [0, 0.1) is 20.2 Å². The van der Waals surface area contributed by atoms with Crippen LogP contribution in [0.15, 0.2) is 35.4 Å². The minimum absolute atomic E-state index is 0.00194. The van der Waals surface area contributed by atoms with Crippen LogP contribution in [0.3, 0.4) is 0 Å². The van der Waals surface area contributed by atoms with E-state index in [1.807, 2.05) is 0 Å². The van der Waals surface area contributed by atoms with Crippen molar-refractivity contribution in [2.24, 2.45) is 5.10 Å². The van der Waals surface area contributed by atoms with Gasteiger partial charge in [-0.2, -0.15) is 5.10 Å². The molecule has 2 aromatic heterocycles. The molecule has 0 radical (unpaired) electrons. The first-order chi connectivity index (χ1) is 11.0. The lowest BCUT2D eigenvalue weighted by Crippen LogP contribution is -1.87. The average Bonchev–Trinajstić information content (AvgIpc) is 3.12. The van der Waals surface area contributed by atoms with Crippen molar-refractivity contribution in [2.45, 2.75) is 0 Å². The van der Waals surface area contributed by atoms with Crippen LogP contribution in [0.2, 0.25) is 0 Å². The number of nitro benzene ring substituents is 1. The van der Waals surface area contributed by atoms with Crippen LogP contribution in [0.1, 0.15) is 4.88 Å². The number of fused-ring (bicyclic) bond motifs is 1. The number of hydrogen-bond donors (Lipinski definition) is 1. The Bertz CT molecular complexity index is 933. The summed E-state index contributed by atoms with van der Waals surface area (Å²) in [6.45, 7) is 0. The molecular weight excluding hydrogens is 342 g/mol. The van der Waals surface area contributed by atoms with Gasteiger partial charge in [0.15, 0.2) is 0 Å². The highest BCUT2D eigenvalue weighted by molar-refractivity contribution is 7.22. The predicted molar refractivity (Wildman–Crippen MR) is 88.5 cm³/mol. The third-order valence-electron chi connectivity index (χ3n) is 2.73. The smallest absolute Gasteiger partial charge is 0.258 e. The number of nitrogens with one attached hydrogen (secondary N) is 1. The molecule has 0 amide bonds. The lowest BCUT2D eigenvalue weighted by molar-refractivity contribution is -0.384. The Hall–Kier alpha value is -2.92. The van der Waals surface area contributed by atoms with Crippen molar-refractivity contribution < 1.29 is 9.85 Å². The second-order valence-electron chi connectivity index (χ2n) is 4.23. The number of anilines is 1. The molecule has 0 saturated carbocycles. The fourth-order valence-corrected chi connectivity index (χ4v) is 3.28. The van der Waals surface area contributed by atoms with Gasteiger partial charge in [-0.15, -0.1) is 0 Å². The Morgan fingerprint density at radius 2 is 1.96 bits per heavy atom. The van der Waals surface area contributed by atoms with E-state index in [4.69, 9.17) is 0 Å².